The first-order valence-electron chi connectivity index (χ1n) is 15.0. The summed E-state index contributed by atoms with van der Waals surface area (Å²) in [5.74, 6) is -0.354. The Hall–Kier alpha value is -4.05. The number of rotatable bonds is 15. The highest BCUT2D eigenvalue weighted by molar-refractivity contribution is 7.92. The smallest absolute Gasteiger partial charge is 0.264 e. The van der Waals surface area contributed by atoms with Crippen LogP contribution in [0.2, 0.25) is 10.0 Å². The van der Waals surface area contributed by atoms with Gasteiger partial charge >= 0.3 is 0 Å². The van der Waals surface area contributed by atoms with E-state index in [2.05, 4.69) is 5.32 Å². The number of nitrogens with one attached hydrogen (secondary N) is 1. The summed E-state index contributed by atoms with van der Waals surface area (Å²) < 4.78 is 34.9. The number of benzene rings is 4. The summed E-state index contributed by atoms with van der Waals surface area (Å²) in [7, 11) is -4.26. The molecule has 0 unspecified atom stereocenters. The molecule has 0 fully saturated rings. The van der Waals surface area contributed by atoms with Crippen LogP contribution in [-0.4, -0.2) is 50.9 Å². The van der Waals surface area contributed by atoms with Crippen molar-refractivity contribution in [3.8, 4) is 5.75 Å². The molecule has 8 nitrogen and oxygen atoms in total. The molecule has 242 valence electrons. The van der Waals surface area contributed by atoms with Crippen molar-refractivity contribution in [2.24, 2.45) is 0 Å². The van der Waals surface area contributed by atoms with Crippen LogP contribution in [0, 0.1) is 0 Å². The average Bonchev–Trinajstić information content (AvgIpc) is 3.05. The predicted octanol–water partition coefficient (Wildman–Crippen LogP) is 6.75. The minimum absolute atomic E-state index is 0.0224. The highest BCUT2D eigenvalue weighted by Crippen LogP contribution is 2.28. The molecule has 1 atom stereocenters. The molecule has 0 heterocycles. The Morgan fingerprint density at radius 3 is 2.13 bits per heavy atom. The normalized spacial score (nSPS) is 11.8. The summed E-state index contributed by atoms with van der Waals surface area (Å²) in [6, 6.07) is 27.7. The van der Waals surface area contributed by atoms with Crippen LogP contribution in [0.3, 0.4) is 0 Å². The topological polar surface area (TPSA) is 96.0 Å². The molecule has 11 heteroatoms. The summed E-state index contributed by atoms with van der Waals surface area (Å²) in [5.41, 5.74) is 1.79. The lowest BCUT2D eigenvalue weighted by Crippen LogP contribution is -2.53. The molecule has 0 saturated heterocycles. The summed E-state index contributed by atoms with van der Waals surface area (Å²) in [4.78, 5) is 29.6. The molecule has 0 bridgehead atoms. The van der Waals surface area contributed by atoms with E-state index in [0.29, 0.717) is 40.9 Å². The van der Waals surface area contributed by atoms with Crippen LogP contribution in [0.5, 0.6) is 5.75 Å². The van der Waals surface area contributed by atoms with Gasteiger partial charge < -0.3 is 15.0 Å². The van der Waals surface area contributed by atoms with E-state index in [9.17, 15) is 18.0 Å². The van der Waals surface area contributed by atoms with Gasteiger partial charge in [0.2, 0.25) is 11.8 Å². The van der Waals surface area contributed by atoms with E-state index in [1.165, 1.54) is 29.2 Å². The Morgan fingerprint density at radius 2 is 1.50 bits per heavy atom. The third-order valence-corrected chi connectivity index (χ3v) is 9.45. The maximum atomic E-state index is 14.5. The zero-order valence-electron chi connectivity index (χ0n) is 25.7. The number of nitrogens with zero attached hydrogens (tertiary/aromatic N) is 2. The summed E-state index contributed by atoms with van der Waals surface area (Å²) in [6.45, 7) is 4.09. The molecule has 4 aromatic rings. The maximum absolute atomic E-state index is 14.5. The van der Waals surface area contributed by atoms with Gasteiger partial charge in [0.05, 0.1) is 17.2 Å². The lowest BCUT2D eigenvalue weighted by Gasteiger charge is -2.34. The molecule has 0 saturated carbocycles. The van der Waals surface area contributed by atoms with Crippen LogP contribution in [0.15, 0.2) is 108 Å². The van der Waals surface area contributed by atoms with Crippen molar-refractivity contribution in [3.63, 3.8) is 0 Å². The molecule has 0 aliphatic carbocycles. The largest absolute Gasteiger partial charge is 0.494 e. The summed E-state index contributed by atoms with van der Waals surface area (Å²) in [5, 5.41) is 3.78. The Balaban J connectivity index is 1.79. The number of anilines is 1. The van der Waals surface area contributed by atoms with Gasteiger partial charge in [-0.1, -0.05) is 72.6 Å². The minimum atomic E-state index is -4.26. The van der Waals surface area contributed by atoms with Gasteiger partial charge in [-0.2, -0.15) is 0 Å². The fourth-order valence-electron chi connectivity index (χ4n) is 4.89. The molecular weight excluding hydrogens is 645 g/mol. The van der Waals surface area contributed by atoms with Gasteiger partial charge in [0, 0.05) is 29.6 Å². The zero-order valence-corrected chi connectivity index (χ0v) is 28.1. The van der Waals surface area contributed by atoms with Gasteiger partial charge in [-0.3, -0.25) is 13.9 Å². The fourth-order valence-corrected chi connectivity index (χ4v) is 6.64. The second-order valence-electron chi connectivity index (χ2n) is 10.5. The number of halogens is 2. The van der Waals surface area contributed by atoms with Crippen LogP contribution < -0.4 is 14.4 Å². The zero-order chi connectivity index (χ0) is 33.1. The van der Waals surface area contributed by atoms with Gasteiger partial charge in [-0.15, -0.1) is 0 Å². The summed E-state index contributed by atoms with van der Waals surface area (Å²) in [6.07, 6.45) is 0.923. The molecule has 0 spiro atoms. The molecule has 46 heavy (non-hydrogen) atoms. The lowest BCUT2D eigenvalue weighted by atomic mass is 10.0. The van der Waals surface area contributed by atoms with E-state index in [-0.39, 0.29) is 29.5 Å². The monoisotopic (exact) mass is 681 g/mol. The van der Waals surface area contributed by atoms with Crippen molar-refractivity contribution in [2.75, 3.05) is 24.0 Å². The minimum Gasteiger partial charge on any atom is -0.494 e. The molecule has 0 aliphatic rings. The van der Waals surface area contributed by atoms with Gasteiger partial charge in [-0.05, 0) is 85.1 Å². The van der Waals surface area contributed by atoms with Gasteiger partial charge in [0.25, 0.3) is 10.0 Å². The third-order valence-electron chi connectivity index (χ3n) is 7.18. The number of hydrogen-bond acceptors (Lipinski definition) is 5. The van der Waals surface area contributed by atoms with E-state index in [1.807, 2.05) is 50.2 Å². The quantitative estimate of drug-likeness (QED) is 0.150. The maximum Gasteiger partial charge on any atom is 0.264 e. The number of amides is 2. The van der Waals surface area contributed by atoms with E-state index in [1.54, 1.807) is 42.5 Å². The Labute approximate surface area is 280 Å². The Bertz CT molecular complexity index is 1700. The van der Waals surface area contributed by atoms with Crippen molar-refractivity contribution in [2.45, 2.75) is 44.2 Å². The highest BCUT2D eigenvalue weighted by atomic mass is 35.5. The Kier molecular flexibility index (Phi) is 12.5. The Morgan fingerprint density at radius 1 is 0.826 bits per heavy atom. The molecule has 0 aliphatic heterocycles. The molecule has 2 amide bonds. The van der Waals surface area contributed by atoms with Crippen molar-refractivity contribution >= 4 is 50.7 Å². The van der Waals surface area contributed by atoms with Gasteiger partial charge in [0.1, 0.15) is 18.3 Å². The molecular formula is C35H37Cl2N3O5S. The van der Waals surface area contributed by atoms with Gasteiger partial charge in [0.15, 0.2) is 0 Å². The van der Waals surface area contributed by atoms with Crippen LogP contribution in [0.1, 0.15) is 31.4 Å². The SMILES string of the molecule is CCCNC(=O)[C@@H](Cc1ccccc1)N(Cc1cccc(Cl)c1)C(=O)CN(c1ccc(OCC)cc1)S(=O)(=O)c1ccc(Cl)cc1. The fraction of sp³-hybridized carbons (Fsp3) is 0.257. The van der Waals surface area contributed by atoms with Crippen molar-refractivity contribution in [1.82, 2.24) is 10.2 Å². The van der Waals surface area contributed by atoms with Gasteiger partial charge in [-0.25, -0.2) is 8.42 Å². The van der Waals surface area contributed by atoms with E-state index in [4.69, 9.17) is 27.9 Å². The molecule has 1 N–H and O–H groups in total. The number of carbonyl (C=O) groups is 2. The second-order valence-corrected chi connectivity index (χ2v) is 13.3. The van der Waals surface area contributed by atoms with Crippen LogP contribution in [0.25, 0.3) is 0 Å². The van der Waals surface area contributed by atoms with Crippen molar-refractivity contribution in [1.29, 1.82) is 0 Å². The van der Waals surface area contributed by atoms with E-state index < -0.39 is 28.5 Å². The van der Waals surface area contributed by atoms with E-state index >= 15 is 0 Å². The van der Waals surface area contributed by atoms with Crippen LogP contribution in [0.4, 0.5) is 5.69 Å². The number of ether oxygens (including phenoxy) is 1. The van der Waals surface area contributed by atoms with Crippen molar-refractivity contribution in [3.05, 3.63) is 124 Å². The lowest BCUT2D eigenvalue weighted by molar-refractivity contribution is -0.140. The van der Waals surface area contributed by atoms with E-state index in [0.717, 1.165) is 9.87 Å². The summed E-state index contributed by atoms with van der Waals surface area (Å²) >= 11 is 12.4. The average molecular weight is 683 g/mol. The molecule has 4 aromatic carbocycles. The highest BCUT2D eigenvalue weighted by Gasteiger charge is 2.34. The number of sulfonamides is 1. The first-order valence-corrected chi connectivity index (χ1v) is 17.2. The first-order chi connectivity index (χ1) is 22.1. The van der Waals surface area contributed by atoms with Crippen LogP contribution >= 0.6 is 23.2 Å². The molecule has 4 rings (SSSR count). The standard InChI is InChI=1S/C35H37Cl2N3O5S/c1-3-21-38-35(42)33(23-26-9-6-5-7-10-26)39(24-27-11-8-12-29(37)22-27)34(41)25-40(30-15-17-31(18-16-30)45-4-2)46(43,44)32-19-13-28(36)14-20-32/h5-20,22,33H,3-4,21,23-25H2,1-2H3,(H,38,42)/t33-/m1/s1. The van der Waals surface area contributed by atoms with Crippen LogP contribution in [-0.2, 0) is 32.6 Å². The predicted molar refractivity (Wildman–Crippen MR) is 183 cm³/mol. The first kappa shape index (κ1) is 34.8. The second kappa shape index (κ2) is 16.5. The molecule has 0 aromatic heterocycles. The number of carbonyl (C=O) groups excluding carboxylic acids is 2. The number of hydrogen-bond donors (Lipinski definition) is 1. The van der Waals surface area contributed by atoms with Crippen molar-refractivity contribution < 1.29 is 22.7 Å². The molecule has 0 radical (unpaired) electrons. The third kappa shape index (κ3) is 9.25.